The van der Waals surface area contributed by atoms with Gasteiger partial charge in [0.25, 0.3) is 0 Å². The smallest absolute Gasteiger partial charge is 0.337 e. The lowest BCUT2D eigenvalue weighted by molar-refractivity contribution is 0.0600. The maximum absolute atomic E-state index is 11.5. The number of carbonyl (C=O) groups excluding carboxylic acids is 1. The van der Waals surface area contributed by atoms with Crippen LogP contribution in [0.1, 0.15) is 29.3 Å². The Morgan fingerprint density at radius 2 is 2.25 bits per heavy atom. The number of carbonyl (C=O) groups is 1. The van der Waals surface area contributed by atoms with Gasteiger partial charge in [-0.1, -0.05) is 19.1 Å². The third-order valence-corrected chi connectivity index (χ3v) is 3.88. The fraction of sp³-hybridized carbons (Fsp3) is 0.533. The second-order valence-electron chi connectivity index (χ2n) is 5.67. The molecule has 0 spiro atoms. The molecule has 1 saturated heterocycles. The van der Waals surface area contributed by atoms with Crippen molar-refractivity contribution in [1.82, 2.24) is 4.90 Å². The van der Waals surface area contributed by atoms with Crippen molar-refractivity contribution in [3.05, 3.63) is 35.4 Å². The average Bonchev–Trinajstić information content (AvgIpc) is 2.80. The summed E-state index contributed by atoms with van der Waals surface area (Å²) in [7, 11) is 1.40. The zero-order chi connectivity index (χ0) is 13.9. The molecule has 0 aromatic heterocycles. The number of esters is 1. The first kappa shape index (κ1) is 17.0. The fourth-order valence-corrected chi connectivity index (χ4v) is 2.60. The van der Waals surface area contributed by atoms with Gasteiger partial charge >= 0.3 is 5.97 Å². The van der Waals surface area contributed by atoms with Gasteiger partial charge in [-0.3, -0.25) is 4.90 Å². The van der Waals surface area contributed by atoms with E-state index in [-0.39, 0.29) is 23.8 Å². The van der Waals surface area contributed by atoms with E-state index in [9.17, 15) is 4.79 Å². The molecule has 0 amide bonds. The molecule has 1 unspecified atom stereocenters. The minimum Gasteiger partial charge on any atom is -0.465 e. The van der Waals surface area contributed by atoms with E-state index in [1.165, 1.54) is 7.11 Å². The Kier molecular flexibility index (Phi) is 5.99. The van der Waals surface area contributed by atoms with Crippen molar-refractivity contribution in [3.63, 3.8) is 0 Å². The van der Waals surface area contributed by atoms with Gasteiger partial charge in [0.2, 0.25) is 0 Å². The Bertz CT molecular complexity index is 467. The van der Waals surface area contributed by atoms with Gasteiger partial charge in [0.1, 0.15) is 0 Å². The normalized spacial score (nSPS) is 22.4. The summed E-state index contributed by atoms with van der Waals surface area (Å²) in [6.45, 7) is 5.91. The molecular weight excluding hydrogens is 276 g/mol. The molecular formula is C15H23ClN2O2. The predicted octanol–water partition coefficient (Wildman–Crippen LogP) is 2.07. The summed E-state index contributed by atoms with van der Waals surface area (Å²) in [5.74, 6) is -0.282. The molecule has 112 valence electrons. The lowest BCUT2D eigenvalue weighted by atomic mass is 9.90. The molecule has 1 aromatic rings. The van der Waals surface area contributed by atoms with Gasteiger partial charge in [-0.05, 0) is 42.6 Å². The Morgan fingerprint density at radius 3 is 2.85 bits per heavy atom. The second kappa shape index (κ2) is 7.07. The molecule has 2 rings (SSSR count). The Morgan fingerprint density at radius 1 is 1.50 bits per heavy atom. The van der Waals surface area contributed by atoms with Crippen LogP contribution in [0, 0.1) is 5.41 Å². The molecule has 0 bridgehead atoms. The van der Waals surface area contributed by atoms with Crippen LogP contribution < -0.4 is 5.73 Å². The van der Waals surface area contributed by atoms with Crippen molar-refractivity contribution in [2.75, 3.05) is 26.7 Å². The van der Waals surface area contributed by atoms with E-state index in [0.717, 1.165) is 38.2 Å². The van der Waals surface area contributed by atoms with Gasteiger partial charge in [0.15, 0.2) is 0 Å². The third kappa shape index (κ3) is 3.95. The summed E-state index contributed by atoms with van der Waals surface area (Å²) in [5, 5.41) is 0. The van der Waals surface area contributed by atoms with Crippen LogP contribution in [0.3, 0.4) is 0 Å². The number of likely N-dealkylation sites (tertiary alicyclic amines) is 1. The number of hydrogen-bond donors (Lipinski definition) is 1. The molecule has 0 aliphatic carbocycles. The molecule has 2 N–H and O–H groups in total. The molecule has 20 heavy (non-hydrogen) atoms. The van der Waals surface area contributed by atoms with Crippen molar-refractivity contribution in [2.45, 2.75) is 19.9 Å². The molecule has 1 aromatic carbocycles. The standard InChI is InChI=1S/C15H22N2O2.ClH/c1-15(10-16)6-7-17(11-15)9-12-4-3-5-13(8-12)14(18)19-2;/h3-5,8H,6-7,9-11,16H2,1-2H3;1H. The number of ether oxygens (including phenoxy) is 1. The maximum Gasteiger partial charge on any atom is 0.337 e. The highest BCUT2D eigenvalue weighted by Crippen LogP contribution is 2.29. The number of halogens is 1. The van der Waals surface area contributed by atoms with Crippen LogP contribution >= 0.6 is 12.4 Å². The van der Waals surface area contributed by atoms with E-state index in [1.807, 2.05) is 18.2 Å². The zero-order valence-electron chi connectivity index (χ0n) is 12.1. The molecule has 1 aliphatic heterocycles. The highest BCUT2D eigenvalue weighted by molar-refractivity contribution is 5.89. The van der Waals surface area contributed by atoms with E-state index in [4.69, 9.17) is 10.5 Å². The van der Waals surface area contributed by atoms with Crippen LogP contribution in [-0.2, 0) is 11.3 Å². The van der Waals surface area contributed by atoms with Gasteiger partial charge in [-0.25, -0.2) is 4.79 Å². The molecule has 1 fully saturated rings. The highest BCUT2D eigenvalue weighted by Gasteiger charge is 2.32. The van der Waals surface area contributed by atoms with E-state index in [0.29, 0.717) is 5.56 Å². The molecule has 0 radical (unpaired) electrons. The molecule has 4 nitrogen and oxygen atoms in total. The van der Waals surface area contributed by atoms with Crippen LogP contribution in [0.15, 0.2) is 24.3 Å². The first-order valence-corrected chi connectivity index (χ1v) is 6.66. The van der Waals surface area contributed by atoms with Crippen LogP contribution in [0.25, 0.3) is 0 Å². The minimum atomic E-state index is -0.282. The van der Waals surface area contributed by atoms with Crippen molar-refractivity contribution < 1.29 is 9.53 Å². The molecule has 1 atom stereocenters. The molecule has 0 saturated carbocycles. The average molecular weight is 299 g/mol. The number of benzene rings is 1. The largest absolute Gasteiger partial charge is 0.465 e. The van der Waals surface area contributed by atoms with Crippen molar-refractivity contribution in [2.24, 2.45) is 11.1 Å². The number of nitrogens with zero attached hydrogens (tertiary/aromatic N) is 1. The first-order chi connectivity index (χ1) is 9.06. The number of nitrogens with two attached hydrogens (primary N) is 1. The monoisotopic (exact) mass is 298 g/mol. The maximum atomic E-state index is 11.5. The summed E-state index contributed by atoms with van der Waals surface area (Å²) >= 11 is 0. The summed E-state index contributed by atoms with van der Waals surface area (Å²) in [6, 6.07) is 7.64. The van der Waals surface area contributed by atoms with Gasteiger partial charge < -0.3 is 10.5 Å². The Balaban J connectivity index is 0.00000200. The summed E-state index contributed by atoms with van der Waals surface area (Å²) in [5.41, 5.74) is 7.81. The molecule has 1 heterocycles. The van der Waals surface area contributed by atoms with Gasteiger partial charge in [-0.2, -0.15) is 0 Å². The van der Waals surface area contributed by atoms with Crippen LogP contribution in [0.5, 0.6) is 0 Å². The topological polar surface area (TPSA) is 55.6 Å². The van der Waals surface area contributed by atoms with Crippen LogP contribution in [0.2, 0.25) is 0 Å². The summed E-state index contributed by atoms with van der Waals surface area (Å²) in [6.07, 6.45) is 1.14. The molecule has 5 heteroatoms. The van der Waals surface area contributed by atoms with Crippen molar-refractivity contribution in [1.29, 1.82) is 0 Å². The van der Waals surface area contributed by atoms with E-state index < -0.39 is 0 Å². The number of hydrogen-bond acceptors (Lipinski definition) is 4. The number of rotatable bonds is 4. The van der Waals surface area contributed by atoms with Gasteiger partial charge in [0, 0.05) is 13.1 Å². The lowest BCUT2D eigenvalue weighted by Gasteiger charge is -2.22. The fourth-order valence-electron chi connectivity index (χ4n) is 2.60. The van der Waals surface area contributed by atoms with Crippen molar-refractivity contribution in [3.8, 4) is 0 Å². The van der Waals surface area contributed by atoms with E-state index in [1.54, 1.807) is 6.07 Å². The van der Waals surface area contributed by atoms with E-state index >= 15 is 0 Å². The third-order valence-electron chi connectivity index (χ3n) is 3.88. The Hall–Kier alpha value is -1.10. The second-order valence-corrected chi connectivity index (χ2v) is 5.67. The minimum absolute atomic E-state index is 0. The zero-order valence-corrected chi connectivity index (χ0v) is 12.9. The number of methoxy groups -OCH3 is 1. The predicted molar refractivity (Wildman–Crippen MR) is 82.1 cm³/mol. The first-order valence-electron chi connectivity index (χ1n) is 6.66. The van der Waals surface area contributed by atoms with Crippen molar-refractivity contribution >= 4 is 18.4 Å². The summed E-state index contributed by atoms with van der Waals surface area (Å²) < 4.78 is 4.74. The SMILES string of the molecule is COC(=O)c1cccc(CN2CCC(C)(CN)C2)c1.Cl. The Labute approximate surface area is 126 Å². The quantitative estimate of drug-likeness (QED) is 0.865. The van der Waals surface area contributed by atoms with Crippen LogP contribution in [-0.4, -0.2) is 37.6 Å². The van der Waals surface area contributed by atoms with Gasteiger partial charge in [-0.15, -0.1) is 12.4 Å². The van der Waals surface area contributed by atoms with Gasteiger partial charge in [0.05, 0.1) is 12.7 Å². The summed E-state index contributed by atoms with van der Waals surface area (Å²) in [4.78, 5) is 13.9. The van der Waals surface area contributed by atoms with Crippen LogP contribution in [0.4, 0.5) is 0 Å². The van der Waals surface area contributed by atoms with E-state index in [2.05, 4.69) is 11.8 Å². The molecule has 1 aliphatic rings. The lowest BCUT2D eigenvalue weighted by Crippen LogP contribution is -2.31. The highest BCUT2D eigenvalue weighted by atomic mass is 35.5.